The highest BCUT2D eigenvalue weighted by molar-refractivity contribution is 6.30. The van der Waals surface area contributed by atoms with E-state index in [-0.39, 0.29) is 10.9 Å². The molecule has 0 radical (unpaired) electrons. The summed E-state index contributed by atoms with van der Waals surface area (Å²) in [7, 11) is 0. The lowest BCUT2D eigenvalue weighted by atomic mass is 9.78. The number of hydrogen-bond acceptors (Lipinski definition) is 2. The third kappa shape index (κ3) is 3.45. The van der Waals surface area contributed by atoms with Crippen molar-refractivity contribution in [1.29, 1.82) is 0 Å². The second-order valence-electron chi connectivity index (χ2n) is 7.00. The maximum atomic E-state index is 14.6. The molecule has 0 unspecified atom stereocenters. The van der Waals surface area contributed by atoms with E-state index in [9.17, 15) is 14.0 Å². The molecule has 3 amide bonds. The van der Waals surface area contributed by atoms with E-state index in [0.29, 0.717) is 25.1 Å². The number of rotatable bonds is 4. The average Bonchev–Trinajstić information content (AvgIpc) is 3.25. The fourth-order valence-corrected chi connectivity index (χ4v) is 4.36. The quantitative estimate of drug-likeness (QED) is 0.858. The van der Waals surface area contributed by atoms with Crippen LogP contribution >= 0.6 is 11.6 Å². The van der Waals surface area contributed by atoms with Crippen LogP contribution in [-0.2, 0) is 10.2 Å². The SMILES string of the molecule is NC(=O)N1CCC[C@H]1C(=O)NCC1(c2cccc(Cl)c2F)CCCC1. The molecule has 2 aliphatic rings. The second-order valence-corrected chi connectivity index (χ2v) is 7.40. The number of carbonyl (C=O) groups is 2. The number of carbonyl (C=O) groups excluding carboxylic acids is 2. The van der Waals surface area contributed by atoms with Gasteiger partial charge in [0.2, 0.25) is 5.91 Å². The summed E-state index contributed by atoms with van der Waals surface area (Å²) in [6.45, 7) is 0.841. The molecule has 1 aliphatic heterocycles. The summed E-state index contributed by atoms with van der Waals surface area (Å²) in [6, 6.07) is 3.93. The molecule has 2 fully saturated rings. The van der Waals surface area contributed by atoms with Crippen LogP contribution in [0.2, 0.25) is 5.02 Å². The zero-order chi connectivity index (χ0) is 18.0. The Kier molecular flexibility index (Phi) is 5.18. The van der Waals surface area contributed by atoms with Crippen LogP contribution in [0.15, 0.2) is 18.2 Å². The van der Waals surface area contributed by atoms with Gasteiger partial charge in [0.15, 0.2) is 0 Å². The first-order valence-corrected chi connectivity index (χ1v) is 9.11. The molecular weight excluding hydrogens is 345 g/mol. The molecule has 25 heavy (non-hydrogen) atoms. The number of urea groups is 1. The molecule has 3 rings (SSSR count). The van der Waals surface area contributed by atoms with Gasteiger partial charge in [0.05, 0.1) is 5.02 Å². The smallest absolute Gasteiger partial charge is 0.315 e. The Morgan fingerprint density at radius 3 is 2.72 bits per heavy atom. The monoisotopic (exact) mass is 367 g/mol. The van der Waals surface area contributed by atoms with E-state index in [1.165, 1.54) is 11.0 Å². The molecule has 1 aromatic rings. The topological polar surface area (TPSA) is 75.4 Å². The number of benzene rings is 1. The third-order valence-corrected chi connectivity index (χ3v) is 5.82. The normalized spacial score (nSPS) is 22.2. The number of nitrogens with one attached hydrogen (secondary N) is 1. The highest BCUT2D eigenvalue weighted by atomic mass is 35.5. The highest BCUT2D eigenvalue weighted by Crippen LogP contribution is 2.42. The first kappa shape index (κ1) is 18.0. The predicted molar refractivity (Wildman–Crippen MR) is 93.9 cm³/mol. The molecule has 1 saturated heterocycles. The van der Waals surface area contributed by atoms with Crippen molar-refractivity contribution < 1.29 is 14.0 Å². The van der Waals surface area contributed by atoms with Gasteiger partial charge >= 0.3 is 6.03 Å². The highest BCUT2D eigenvalue weighted by Gasteiger charge is 2.40. The van der Waals surface area contributed by atoms with Gasteiger partial charge in [-0.2, -0.15) is 0 Å². The van der Waals surface area contributed by atoms with Crippen LogP contribution in [0.5, 0.6) is 0 Å². The summed E-state index contributed by atoms with van der Waals surface area (Å²) in [5.74, 6) is -0.620. The van der Waals surface area contributed by atoms with Gasteiger partial charge in [-0.15, -0.1) is 0 Å². The first-order chi connectivity index (χ1) is 11.9. The summed E-state index contributed by atoms with van der Waals surface area (Å²) >= 11 is 5.95. The molecule has 7 heteroatoms. The Morgan fingerprint density at radius 2 is 2.04 bits per heavy atom. The molecule has 1 heterocycles. The molecule has 1 saturated carbocycles. The predicted octanol–water partition coefficient (Wildman–Crippen LogP) is 2.95. The number of amides is 3. The van der Waals surface area contributed by atoms with E-state index in [1.54, 1.807) is 12.1 Å². The van der Waals surface area contributed by atoms with Crippen molar-refractivity contribution in [3.05, 3.63) is 34.6 Å². The molecule has 136 valence electrons. The third-order valence-electron chi connectivity index (χ3n) is 5.52. The van der Waals surface area contributed by atoms with Crippen molar-refractivity contribution in [3.63, 3.8) is 0 Å². The Bertz CT molecular complexity index is 676. The maximum absolute atomic E-state index is 14.6. The molecule has 0 spiro atoms. The minimum absolute atomic E-state index is 0.103. The summed E-state index contributed by atoms with van der Waals surface area (Å²) in [4.78, 5) is 25.4. The molecule has 3 N–H and O–H groups in total. The number of hydrogen-bond donors (Lipinski definition) is 2. The van der Waals surface area contributed by atoms with Gasteiger partial charge in [0, 0.05) is 18.5 Å². The van der Waals surface area contributed by atoms with Crippen molar-refractivity contribution >= 4 is 23.5 Å². The molecule has 1 atom stereocenters. The second kappa shape index (κ2) is 7.20. The molecule has 0 bridgehead atoms. The average molecular weight is 368 g/mol. The summed E-state index contributed by atoms with van der Waals surface area (Å²) in [6.07, 6.45) is 4.93. The van der Waals surface area contributed by atoms with E-state index in [4.69, 9.17) is 17.3 Å². The summed E-state index contributed by atoms with van der Waals surface area (Å²) in [5, 5.41) is 3.04. The molecule has 1 aromatic carbocycles. The van der Waals surface area contributed by atoms with Crippen LogP contribution < -0.4 is 11.1 Å². The van der Waals surface area contributed by atoms with Gasteiger partial charge in [-0.25, -0.2) is 9.18 Å². The van der Waals surface area contributed by atoms with Crippen LogP contribution in [0.25, 0.3) is 0 Å². The van der Waals surface area contributed by atoms with E-state index in [1.807, 2.05) is 0 Å². The first-order valence-electron chi connectivity index (χ1n) is 8.73. The number of nitrogens with zero attached hydrogens (tertiary/aromatic N) is 1. The lowest BCUT2D eigenvalue weighted by Gasteiger charge is -2.32. The molecule has 5 nitrogen and oxygen atoms in total. The summed E-state index contributed by atoms with van der Waals surface area (Å²) < 4.78 is 14.6. The van der Waals surface area contributed by atoms with Crippen LogP contribution in [-0.4, -0.2) is 36.0 Å². The number of nitrogens with two attached hydrogens (primary N) is 1. The van der Waals surface area contributed by atoms with Crippen LogP contribution in [0.1, 0.15) is 44.1 Å². The Hall–Kier alpha value is -1.82. The molecule has 1 aliphatic carbocycles. The largest absolute Gasteiger partial charge is 0.353 e. The van der Waals surface area contributed by atoms with Gasteiger partial charge in [0.1, 0.15) is 11.9 Å². The Morgan fingerprint density at radius 1 is 1.32 bits per heavy atom. The minimum Gasteiger partial charge on any atom is -0.353 e. The Balaban J connectivity index is 1.76. The van der Waals surface area contributed by atoms with Crippen molar-refractivity contribution in [3.8, 4) is 0 Å². The van der Waals surface area contributed by atoms with Crippen molar-refractivity contribution in [2.75, 3.05) is 13.1 Å². The van der Waals surface area contributed by atoms with Gasteiger partial charge in [-0.3, -0.25) is 4.79 Å². The van der Waals surface area contributed by atoms with Crippen molar-refractivity contribution in [1.82, 2.24) is 10.2 Å². The zero-order valence-corrected chi connectivity index (χ0v) is 14.8. The minimum atomic E-state index is -0.575. The van der Waals surface area contributed by atoms with E-state index < -0.39 is 23.3 Å². The standard InChI is InChI=1S/C18H23ClFN3O2/c19-13-6-3-5-12(15(13)20)18(8-1-2-9-18)11-22-16(24)14-7-4-10-23(14)17(21)25/h3,5-6,14H,1-2,4,7-11H2,(H2,21,25)(H,22,24)/t14-/m0/s1. The van der Waals surface area contributed by atoms with Crippen molar-refractivity contribution in [2.24, 2.45) is 5.73 Å². The number of halogens is 2. The van der Waals surface area contributed by atoms with Gasteiger partial charge < -0.3 is 16.0 Å². The fraction of sp³-hybridized carbons (Fsp3) is 0.556. The fourth-order valence-electron chi connectivity index (χ4n) is 4.18. The van der Waals surface area contributed by atoms with Gasteiger partial charge in [0.25, 0.3) is 0 Å². The van der Waals surface area contributed by atoms with Gasteiger partial charge in [-0.1, -0.05) is 36.6 Å². The molecular formula is C18H23ClFN3O2. The maximum Gasteiger partial charge on any atom is 0.315 e. The molecule has 0 aromatic heterocycles. The van der Waals surface area contributed by atoms with Crippen molar-refractivity contribution in [2.45, 2.75) is 50.0 Å². The van der Waals surface area contributed by atoms with Crippen LogP contribution in [0.4, 0.5) is 9.18 Å². The zero-order valence-electron chi connectivity index (χ0n) is 14.1. The van der Waals surface area contributed by atoms with E-state index >= 15 is 0 Å². The Labute approximate surface area is 151 Å². The summed E-state index contributed by atoms with van der Waals surface area (Å²) in [5.41, 5.74) is 5.46. The van der Waals surface area contributed by atoms with Gasteiger partial charge in [-0.05, 0) is 37.3 Å². The van der Waals surface area contributed by atoms with E-state index in [2.05, 4.69) is 5.32 Å². The number of primary amides is 1. The lowest BCUT2D eigenvalue weighted by molar-refractivity contribution is -0.124. The lowest BCUT2D eigenvalue weighted by Crippen LogP contribution is -2.50. The van der Waals surface area contributed by atoms with Crippen LogP contribution in [0, 0.1) is 5.82 Å². The number of likely N-dealkylation sites (tertiary alicyclic amines) is 1. The van der Waals surface area contributed by atoms with E-state index in [0.717, 1.165) is 32.1 Å². The van der Waals surface area contributed by atoms with Crippen LogP contribution in [0.3, 0.4) is 0 Å².